The van der Waals surface area contributed by atoms with Crippen molar-refractivity contribution >= 4 is 21.7 Å². The number of benzene rings is 2. The third-order valence-electron chi connectivity index (χ3n) is 5.70. The predicted molar refractivity (Wildman–Crippen MR) is 126 cm³/mol. The van der Waals surface area contributed by atoms with E-state index in [1.54, 1.807) is 6.20 Å². The van der Waals surface area contributed by atoms with Crippen LogP contribution in [0.3, 0.4) is 0 Å². The fraction of sp³-hybridized carbons (Fsp3) is 0.250. The van der Waals surface area contributed by atoms with Crippen LogP contribution in [0.1, 0.15) is 27.0 Å². The summed E-state index contributed by atoms with van der Waals surface area (Å²) >= 11 is 0. The van der Waals surface area contributed by atoms with Crippen LogP contribution in [0.2, 0.25) is 0 Å². The summed E-state index contributed by atoms with van der Waals surface area (Å²) in [5, 5.41) is 2.81. The monoisotopic (exact) mass is 466 g/mol. The molecule has 0 aliphatic carbocycles. The van der Waals surface area contributed by atoms with Crippen molar-refractivity contribution in [2.75, 3.05) is 25.6 Å². The quantitative estimate of drug-likeness (QED) is 0.555. The Hall–Kier alpha value is -3.43. The average Bonchev–Trinajstić information content (AvgIpc) is 2.86. The molecule has 1 aromatic heterocycles. The summed E-state index contributed by atoms with van der Waals surface area (Å²) in [6.45, 7) is 2.01. The van der Waals surface area contributed by atoms with Gasteiger partial charge in [-0.2, -0.15) is 0 Å². The Bertz CT molecular complexity index is 1260. The Morgan fingerprint density at radius 3 is 2.61 bits per heavy atom. The zero-order valence-corrected chi connectivity index (χ0v) is 19.4. The maximum atomic E-state index is 12.6. The Morgan fingerprint density at radius 2 is 1.91 bits per heavy atom. The summed E-state index contributed by atoms with van der Waals surface area (Å²) in [6, 6.07) is 16.6. The first-order valence-corrected chi connectivity index (χ1v) is 12.1. The van der Waals surface area contributed by atoms with Gasteiger partial charge in [0.25, 0.3) is 5.91 Å². The van der Waals surface area contributed by atoms with Crippen LogP contribution in [0, 0.1) is 0 Å². The summed E-state index contributed by atoms with van der Waals surface area (Å²) in [5.41, 5.74) is 3.78. The van der Waals surface area contributed by atoms with Crippen molar-refractivity contribution in [1.29, 1.82) is 0 Å². The molecule has 0 fully saturated rings. The van der Waals surface area contributed by atoms with Gasteiger partial charge in [-0.05, 0) is 54.4 Å². The van der Waals surface area contributed by atoms with Crippen LogP contribution in [0.25, 0.3) is 0 Å². The van der Waals surface area contributed by atoms with E-state index in [-0.39, 0.29) is 28.7 Å². The topological polar surface area (TPSA) is 101 Å². The third kappa shape index (κ3) is 4.99. The summed E-state index contributed by atoms with van der Waals surface area (Å²) in [4.78, 5) is 19.4. The second kappa shape index (κ2) is 9.60. The number of rotatable bonds is 7. The second-order valence-corrected chi connectivity index (χ2v) is 9.58. The molecule has 33 heavy (non-hydrogen) atoms. The van der Waals surface area contributed by atoms with Crippen LogP contribution in [0.15, 0.2) is 65.7 Å². The highest BCUT2D eigenvalue weighted by Gasteiger charge is 2.20. The van der Waals surface area contributed by atoms with Crippen LogP contribution in [0.5, 0.6) is 5.75 Å². The molecule has 0 bridgehead atoms. The lowest BCUT2D eigenvalue weighted by atomic mass is 10.00. The highest BCUT2D eigenvalue weighted by molar-refractivity contribution is 7.89. The molecule has 1 aliphatic rings. The molecule has 1 amide bonds. The van der Waals surface area contributed by atoms with E-state index in [0.29, 0.717) is 0 Å². The van der Waals surface area contributed by atoms with Gasteiger partial charge in [-0.3, -0.25) is 4.79 Å². The SMILES string of the molecule is CNS(=O)(=O)c1cc(C(=O)NCc2ccc(N3CCc4ccccc4C3)nc2)ccc1OC. The third-order valence-corrected chi connectivity index (χ3v) is 7.14. The predicted octanol–water partition coefficient (Wildman–Crippen LogP) is 2.49. The van der Waals surface area contributed by atoms with Crippen LogP contribution < -0.4 is 19.7 Å². The van der Waals surface area contributed by atoms with Crippen molar-refractivity contribution in [3.63, 3.8) is 0 Å². The van der Waals surface area contributed by atoms with Crippen LogP contribution in [0.4, 0.5) is 5.82 Å². The Kier molecular flexibility index (Phi) is 6.62. The van der Waals surface area contributed by atoms with E-state index in [0.717, 1.165) is 30.9 Å². The molecule has 2 aromatic carbocycles. The van der Waals surface area contributed by atoms with Gasteiger partial charge in [-0.25, -0.2) is 18.1 Å². The lowest BCUT2D eigenvalue weighted by Crippen LogP contribution is -2.31. The number of sulfonamides is 1. The molecule has 1 aliphatic heterocycles. The number of ether oxygens (including phenoxy) is 1. The summed E-state index contributed by atoms with van der Waals surface area (Å²) < 4.78 is 31.8. The minimum Gasteiger partial charge on any atom is -0.495 e. The Morgan fingerprint density at radius 1 is 1.12 bits per heavy atom. The van der Waals surface area contributed by atoms with E-state index in [2.05, 4.69) is 44.2 Å². The molecule has 172 valence electrons. The molecule has 0 atom stereocenters. The molecule has 2 N–H and O–H groups in total. The summed E-state index contributed by atoms with van der Waals surface area (Å²) in [6.07, 6.45) is 2.74. The molecule has 0 radical (unpaired) electrons. The second-order valence-electron chi connectivity index (χ2n) is 7.72. The number of methoxy groups -OCH3 is 1. The largest absolute Gasteiger partial charge is 0.495 e. The number of carbonyl (C=O) groups excluding carboxylic acids is 1. The number of hydrogen-bond acceptors (Lipinski definition) is 6. The van der Waals surface area contributed by atoms with E-state index in [9.17, 15) is 13.2 Å². The molecular weight excluding hydrogens is 440 g/mol. The number of amides is 1. The van der Waals surface area contributed by atoms with Crippen LogP contribution in [-0.4, -0.2) is 40.0 Å². The molecule has 9 heteroatoms. The number of fused-ring (bicyclic) bond motifs is 1. The van der Waals surface area contributed by atoms with Crippen molar-refractivity contribution in [2.45, 2.75) is 24.4 Å². The average molecular weight is 467 g/mol. The highest BCUT2D eigenvalue weighted by atomic mass is 32.2. The van der Waals surface area contributed by atoms with Gasteiger partial charge in [0.15, 0.2) is 0 Å². The molecule has 0 saturated heterocycles. The molecule has 0 unspecified atom stereocenters. The normalized spacial score (nSPS) is 13.3. The van der Waals surface area contributed by atoms with E-state index >= 15 is 0 Å². The zero-order valence-electron chi connectivity index (χ0n) is 18.5. The number of pyridine rings is 1. The van der Waals surface area contributed by atoms with Crippen molar-refractivity contribution in [3.05, 3.63) is 83.0 Å². The van der Waals surface area contributed by atoms with Gasteiger partial charge in [-0.15, -0.1) is 0 Å². The van der Waals surface area contributed by atoms with Gasteiger partial charge < -0.3 is 15.0 Å². The minimum atomic E-state index is -3.77. The molecule has 0 spiro atoms. The zero-order chi connectivity index (χ0) is 23.4. The van der Waals surface area contributed by atoms with Gasteiger partial charge in [0.1, 0.15) is 16.5 Å². The number of carbonyl (C=O) groups is 1. The summed E-state index contributed by atoms with van der Waals surface area (Å²) in [7, 11) is -1.08. The Labute approximate surface area is 193 Å². The number of nitrogens with zero attached hydrogens (tertiary/aromatic N) is 2. The summed E-state index contributed by atoms with van der Waals surface area (Å²) in [5.74, 6) is 0.680. The smallest absolute Gasteiger partial charge is 0.251 e. The van der Waals surface area contributed by atoms with Crippen molar-refractivity contribution < 1.29 is 17.9 Å². The standard InChI is InChI=1S/C24H26N4O4S/c1-25-33(30,31)22-13-19(8-9-21(22)32-2)24(29)27-15-17-7-10-23(26-14-17)28-12-11-18-5-3-4-6-20(18)16-28/h3-10,13-14,25H,11-12,15-16H2,1-2H3,(H,27,29). The van der Waals surface area contributed by atoms with E-state index in [1.807, 2.05) is 12.1 Å². The van der Waals surface area contributed by atoms with E-state index in [1.165, 1.54) is 43.5 Å². The van der Waals surface area contributed by atoms with Crippen molar-refractivity contribution in [1.82, 2.24) is 15.0 Å². The lowest BCUT2D eigenvalue weighted by molar-refractivity contribution is 0.0950. The van der Waals surface area contributed by atoms with Gasteiger partial charge in [0.05, 0.1) is 7.11 Å². The van der Waals surface area contributed by atoms with Gasteiger partial charge in [0, 0.05) is 31.4 Å². The maximum absolute atomic E-state index is 12.6. The fourth-order valence-corrected chi connectivity index (χ4v) is 4.74. The number of hydrogen-bond donors (Lipinski definition) is 2. The molecule has 2 heterocycles. The number of aromatic nitrogens is 1. The maximum Gasteiger partial charge on any atom is 0.251 e. The van der Waals surface area contributed by atoms with Gasteiger partial charge in [-0.1, -0.05) is 30.3 Å². The van der Waals surface area contributed by atoms with Crippen LogP contribution in [-0.2, 0) is 29.5 Å². The van der Waals surface area contributed by atoms with E-state index in [4.69, 9.17) is 4.74 Å². The molecule has 0 saturated carbocycles. The van der Waals surface area contributed by atoms with E-state index < -0.39 is 10.0 Å². The minimum absolute atomic E-state index is 0.0886. The molecule has 8 nitrogen and oxygen atoms in total. The highest BCUT2D eigenvalue weighted by Crippen LogP contribution is 2.25. The first-order valence-electron chi connectivity index (χ1n) is 10.6. The van der Waals surface area contributed by atoms with Crippen LogP contribution >= 0.6 is 0 Å². The molecule has 3 aromatic rings. The first kappa shape index (κ1) is 22.8. The van der Waals surface area contributed by atoms with Gasteiger partial charge >= 0.3 is 0 Å². The van der Waals surface area contributed by atoms with Crippen molar-refractivity contribution in [3.8, 4) is 5.75 Å². The number of anilines is 1. The molecular formula is C24H26N4O4S. The van der Waals surface area contributed by atoms with Crippen molar-refractivity contribution in [2.24, 2.45) is 0 Å². The Balaban J connectivity index is 1.41. The fourth-order valence-electron chi connectivity index (χ4n) is 3.82. The van der Waals surface area contributed by atoms with Gasteiger partial charge in [0.2, 0.25) is 10.0 Å². The number of nitrogens with one attached hydrogen (secondary N) is 2. The molecule has 4 rings (SSSR count). The first-order chi connectivity index (χ1) is 15.9. The lowest BCUT2D eigenvalue weighted by Gasteiger charge is -2.29.